The molecule has 32 heavy (non-hydrogen) atoms. The number of quaternary nitrogens is 1. The van der Waals surface area contributed by atoms with E-state index in [1.807, 2.05) is 6.07 Å². The van der Waals surface area contributed by atoms with E-state index in [-0.39, 0.29) is 5.78 Å². The maximum atomic E-state index is 13.3. The van der Waals surface area contributed by atoms with Crippen LogP contribution in [0.1, 0.15) is 24.5 Å². The molecule has 1 unspecified atom stereocenters. The van der Waals surface area contributed by atoms with E-state index in [2.05, 4.69) is 14.0 Å². The summed E-state index contributed by atoms with van der Waals surface area (Å²) in [5.41, 5.74) is 0.313. The molecule has 3 atom stereocenters. The van der Waals surface area contributed by atoms with Crippen LogP contribution in [0, 0.1) is 5.92 Å². The van der Waals surface area contributed by atoms with Crippen molar-refractivity contribution in [3.05, 3.63) is 79.8 Å². The fourth-order valence-corrected chi connectivity index (χ4v) is 4.52. The van der Waals surface area contributed by atoms with Crippen LogP contribution in [0.3, 0.4) is 0 Å². The van der Waals surface area contributed by atoms with Gasteiger partial charge in [0.15, 0.2) is 5.78 Å². The standard InChI is InChI=1S/C25H26Cl4NO2/c1-3-30(2)13-12-25(32,11-10-18-5-8-21(27)23(29)15-18)19(16-30)24(31)9-6-17-4-7-20(26)22(28)14-17/h4-11,14-15,19,32H,3,12-13,16H2,1-2H3/q+1/b9-6+,11-10-/t19-,25+,30?/m0/s1. The summed E-state index contributed by atoms with van der Waals surface area (Å²) in [6.45, 7) is 4.30. The van der Waals surface area contributed by atoms with Gasteiger partial charge in [-0.05, 0) is 48.4 Å². The van der Waals surface area contributed by atoms with E-state index in [9.17, 15) is 9.90 Å². The minimum Gasteiger partial charge on any atom is -0.385 e. The predicted octanol–water partition coefficient (Wildman–Crippen LogP) is 6.81. The number of halogens is 4. The average molecular weight is 514 g/mol. The molecule has 170 valence electrons. The molecule has 3 nitrogen and oxygen atoms in total. The summed E-state index contributed by atoms with van der Waals surface area (Å²) in [5, 5.41) is 13.3. The Morgan fingerprint density at radius 2 is 1.59 bits per heavy atom. The van der Waals surface area contributed by atoms with Crippen LogP contribution in [0.15, 0.2) is 48.6 Å². The number of hydrogen-bond acceptors (Lipinski definition) is 2. The third-order valence-electron chi connectivity index (χ3n) is 6.28. The fourth-order valence-electron chi connectivity index (χ4n) is 3.90. The smallest absolute Gasteiger partial charge is 0.167 e. The Labute approximate surface area is 209 Å². The number of aliphatic hydroxyl groups is 1. The first kappa shape index (κ1) is 25.3. The summed E-state index contributed by atoms with van der Waals surface area (Å²) >= 11 is 24.2. The maximum Gasteiger partial charge on any atom is 0.167 e. The normalized spacial score (nSPS) is 26.2. The Morgan fingerprint density at radius 3 is 2.12 bits per heavy atom. The van der Waals surface area contributed by atoms with Gasteiger partial charge in [0.2, 0.25) is 0 Å². The maximum absolute atomic E-state index is 13.3. The second-order valence-electron chi connectivity index (χ2n) is 8.55. The van der Waals surface area contributed by atoms with E-state index >= 15 is 0 Å². The first-order chi connectivity index (χ1) is 15.0. The first-order valence-electron chi connectivity index (χ1n) is 10.4. The van der Waals surface area contributed by atoms with Crippen LogP contribution in [0.4, 0.5) is 0 Å². The summed E-state index contributed by atoms with van der Waals surface area (Å²) in [6, 6.07) is 10.5. The molecule has 1 heterocycles. The Hall–Kier alpha value is -1.33. The molecule has 3 rings (SSSR count). The average Bonchev–Trinajstić information content (AvgIpc) is 2.77. The zero-order valence-electron chi connectivity index (χ0n) is 18.0. The number of carbonyl (C=O) groups is 1. The molecule has 2 aromatic carbocycles. The van der Waals surface area contributed by atoms with E-state index < -0.39 is 11.5 Å². The molecule has 0 aromatic heterocycles. The second-order valence-corrected chi connectivity index (χ2v) is 10.2. The van der Waals surface area contributed by atoms with E-state index in [1.165, 1.54) is 6.08 Å². The van der Waals surface area contributed by atoms with Crippen LogP contribution < -0.4 is 0 Å². The van der Waals surface area contributed by atoms with Crippen LogP contribution in [0.5, 0.6) is 0 Å². The van der Waals surface area contributed by atoms with Crippen molar-refractivity contribution in [3.63, 3.8) is 0 Å². The van der Waals surface area contributed by atoms with Gasteiger partial charge in [0.1, 0.15) is 11.5 Å². The summed E-state index contributed by atoms with van der Waals surface area (Å²) in [7, 11) is 2.12. The number of likely N-dealkylation sites (tertiary alicyclic amines) is 1. The van der Waals surface area contributed by atoms with Gasteiger partial charge in [-0.15, -0.1) is 0 Å². The number of rotatable bonds is 6. The lowest BCUT2D eigenvalue weighted by atomic mass is 9.76. The van der Waals surface area contributed by atoms with Crippen LogP contribution >= 0.6 is 46.4 Å². The summed E-state index contributed by atoms with van der Waals surface area (Å²) in [4.78, 5) is 13.3. The number of benzene rings is 2. The van der Waals surface area contributed by atoms with Gasteiger partial charge >= 0.3 is 0 Å². The molecule has 0 amide bonds. The molecule has 1 fully saturated rings. The van der Waals surface area contributed by atoms with E-state index in [0.717, 1.165) is 28.7 Å². The lowest BCUT2D eigenvalue weighted by Crippen LogP contribution is -2.61. The molecule has 0 bridgehead atoms. The molecular weight excluding hydrogens is 488 g/mol. The third-order valence-corrected chi connectivity index (χ3v) is 7.76. The van der Waals surface area contributed by atoms with Gasteiger partial charge in [-0.2, -0.15) is 0 Å². The predicted molar refractivity (Wildman–Crippen MR) is 136 cm³/mol. The molecule has 1 aliphatic heterocycles. The number of nitrogens with zero attached hydrogens (tertiary/aromatic N) is 1. The Morgan fingerprint density at radius 1 is 1.03 bits per heavy atom. The van der Waals surface area contributed by atoms with E-state index in [1.54, 1.807) is 48.6 Å². The zero-order chi connectivity index (χ0) is 23.5. The van der Waals surface area contributed by atoms with Gasteiger partial charge in [0.05, 0.1) is 46.8 Å². The van der Waals surface area contributed by atoms with Gasteiger partial charge in [-0.1, -0.05) is 76.8 Å². The molecule has 7 heteroatoms. The number of hydrogen-bond donors (Lipinski definition) is 1. The SMILES string of the molecule is CC[N+]1(C)CC[C@](O)(/C=C\c2ccc(Cl)c(Cl)c2)[C@H](C(=O)/C=C/c2ccc(Cl)c(Cl)c2)C1. The molecule has 0 aliphatic carbocycles. The number of piperidine rings is 1. The van der Waals surface area contributed by atoms with Gasteiger partial charge in [-0.25, -0.2) is 0 Å². The molecule has 0 spiro atoms. The molecule has 1 saturated heterocycles. The number of ketones is 1. The highest BCUT2D eigenvalue weighted by Gasteiger charge is 2.48. The molecule has 0 saturated carbocycles. The summed E-state index contributed by atoms with van der Waals surface area (Å²) in [5.74, 6) is -0.714. The second kappa shape index (κ2) is 10.3. The highest BCUT2D eigenvalue weighted by molar-refractivity contribution is 6.42. The van der Waals surface area contributed by atoms with Crippen molar-refractivity contribution in [2.45, 2.75) is 18.9 Å². The van der Waals surface area contributed by atoms with Crippen molar-refractivity contribution in [3.8, 4) is 0 Å². The van der Waals surface area contributed by atoms with Crippen LogP contribution in [-0.2, 0) is 4.79 Å². The fraction of sp³-hybridized carbons (Fsp3) is 0.320. The van der Waals surface area contributed by atoms with Crippen molar-refractivity contribution < 1.29 is 14.4 Å². The van der Waals surface area contributed by atoms with Crippen molar-refractivity contribution in [2.75, 3.05) is 26.7 Å². The Balaban J connectivity index is 1.88. The van der Waals surface area contributed by atoms with Gasteiger partial charge in [0.25, 0.3) is 0 Å². The molecule has 1 aliphatic rings. The zero-order valence-corrected chi connectivity index (χ0v) is 21.0. The molecular formula is C25H26Cl4NO2+. The van der Waals surface area contributed by atoms with Gasteiger partial charge < -0.3 is 9.59 Å². The Bertz CT molecular complexity index is 1070. The quantitative estimate of drug-likeness (QED) is 0.340. The highest BCUT2D eigenvalue weighted by Crippen LogP contribution is 2.35. The van der Waals surface area contributed by atoms with Gasteiger partial charge in [-0.3, -0.25) is 4.79 Å². The lowest BCUT2D eigenvalue weighted by Gasteiger charge is -2.46. The van der Waals surface area contributed by atoms with Gasteiger partial charge in [0, 0.05) is 6.42 Å². The van der Waals surface area contributed by atoms with Crippen molar-refractivity contribution in [1.29, 1.82) is 0 Å². The molecule has 1 N–H and O–H groups in total. The number of allylic oxidation sites excluding steroid dienone is 1. The molecule has 0 radical (unpaired) electrons. The highest BCUT2D eigenvalue weighted by atomic mass is 35.5. The van der Waals surface area contributed by atoms with E-state index in [4.69, 9.17) is 46.4 Å². The molecule has 2 aromatic rings. The van der Waals surface area contributed by atoms with E-state index in [0.29, 0.717) is 33.1 Å². The minimum absolute atomic E-state index is 0.130. The minimum atomic E-state index is -1.27. The monoisotopic (exact) mass is 512 g/mol. The summed E-state index contributed by atoms with van der Waals surface area (Å²) < 4.78 is 0.722. The summed E-state index contributed by atoms with van der Waals surface area (Å²) in [6.07, 6.45) is 7.23. The Kier molecular flexibility index (Phi) is 8.14. The van der Waals surface area contributed by atoms with Crippen LogP contribution in [-0.4, -0.2) is 47.7 Å². The van der Waals surface area contributed by atoms with Crippen molar-refractivity contribution in [1.82, 2.24) is 0 Å². The third kappa shape index (κ3) is 5.96. The van der Waals surface area contributed by atoms with Crippen LogP contribution in [0.25, 0.3) is 12.2 Å². The topological polar surface area (TPSA) is 37.3 Å². The first-order valence-corrected chi connectivity index (χ1v) is 11.9. The number of carbonyl (C=O) groups excluding carboxylic acids is 1. The van der Waals surface area contributed by atoms with Crippen molar-refractivity contribution in [2.24, 2.45) is 5.92 Å². The lowest BCUT2D eigenvalue weighted by molar-refractivity contribution is -0.916. The van der Waals surface area contributed by atoms with Crippen molar-refractivity contribution >= 4 is 64.3 Å². The largest absolute Gasteiger partial charge is 0.385 e. The van der Waals surface area contributed by atoms with Crippen LogP contribution in [0.2, 0.25) is 20.1 Å².